The molecule has 0 radical (unpaired) electrons. The van der Waals surface area contributed by atoms with Crippen LogP contribution < -0.4 is 5.32 Å². The van der Waals surface area contributed by atoms with Crippen LogP contribution in [0.25, 0.3) is 0 Å². The molecule has 2 rings (SSSR count). The summed E-state index contributed by atoms with van der Waals surface area (Å²) < 4.78 is 0. The molecule has 1 nitrogen and oxygen atoms in total. The second-order valence-corrected chi connectivity index (χ2v) is 5.62. The highest BCUT2D eigenvalue weighted by molar-refractivity contribution is 5.14. The highest BCUT2D eigenvalue weighted by Gasteiger charge is 2.33. The molecule has 0 saturated heterocycles. The summed E-state index contributed by atoms with van der Waals surface area (Å²) in [5.41, 5.74) is 1.93. The third-order valence-electron chi connectivity index (χ3n) is 3.90. The molecule has 1 aliphatic carbocycles. The molecule has 1 fully saturated rings. The van der Waals surface area contributed by atoms with Crippen molar-refractivity contribution in [3.05, 3.63) is 35.9 Å². The van der Waals surface area contributed by atoms with E-state index in [4.69, 9.17) is 0 Å². The fourth-order valence-corrected chi connectivity index (χ4v) is 2.74. The second kappa shape index (κ2) is 5.01. The standard InChI is InChI=1S/C15H23N/c1-15(2)11-6-9-14(15)16-12-10-13-7-4-3-5-8-13/h3-5,7-8,14,16H,6,9-12H2,1-2H3/t14-/m1/s1. The fourth-order valence-electron chi connectivity index (χ4n) is 2.74. The lowest BCUT2D eigenvalue weighted by atomic mass is 9.87. The van der Waals surface area contributed by atoms with Gasteiger partial charge in [-0.05, 0) is 36.8 Å². The Labute approximate surface area is 99.3 Å². The summed E-state index contributed by atoms with van der Waals surface area (Å²) in [6.45, 7) is 5.89. The quantitative estimate of drug-likeness (QED) is 0.815. The molecule has 1 aromatic rings. The first kappa shape index (κ1) is 11.7. The van der Waals surface area contributed by atoms with Gasteiger partial charge in [0.15, 0.2) is 0 Å². The van der Waals surface area contributed by atoms with Crippen molar-refractivity contribution in [2.24, 2.45) is 5.41 Å². The van der Waals surface area contributed by atoms with Crippen LogP contribution in [0.15, 0.2) is 30.3 Å². The molecule has 88 valence electrons. The maximum absolute atomic E-state index is 3.72. The molecule has 0 spiro atoms. The number of rotatable bonds is 4. The third kappa shape index (κ3) is 2.85. The molecule has 1 N–H and O–H groups in total. The van der Waals surface area contributed by atoms with E-state index in [0.717, 1.165) is 19.0 Å². The lowest BCUT2D eigenvalue weighted by molar-refractivity contribution is 0.285. The van der Waals surface area contributed by atoms with Gasteiger partial charge in [-0.1, -0.05) is 50.6 Å². The molecule has 1 saturated carbocycles. The van der Waals surface area contributed by atoms with Gasteiger partial charge >= 0.3 is 0 Å². The van der Waals surface area contributed by atoms with Crippen molar-refractivity contribution >= 4 is 0 Å². The Kier molecular flexibility index (Phi) is 3.65. The van der Waals surface area contributed by atoms with Crippen LogP contribution in [0.3, 0.4) is 0 Å². The SMILES string of the molecule is CC1(C)CCC[C@H]1NCCc1ccccc1. The molecule has 0 aliphatic heterocycles. The molecule has 1 aromatic carbocycles. The molecular weight excluding hydrogens is 194 g/mol. The number of hydrogen-bond donors (Lipinski definition) is 1. The Bertz CT molecular complexity index is 315. The molecule has 1 aliphatic rings. The zero-order valence-electron chi connectivity index (χ0n) is 10.5. The first-order valence-electron chi connectivity index (χ1n) is 6.46. The van der Waals surface area contributed by atoms with Crippen molar-refractivity contribution in [2.45, 2.75) is 45.6 Å². The van der Waals surface area contributed by atoms with Gasteiger partial charge in [0.2, 0.25) is 0 Å². The fraction of sp³-hybridized carbons (Fsp3) is 0.600. The van der Waals surface area contributed by atoms with E-state index >= 15 is 0 Å². The minimum atomic E-state index is 0.497. The lowest BCUT2D eigenvalue weighted by Crippen LogP contribution is -2.38. The zero-order valence-corrected chi connectivity index (χ0v) is 10.5. The molecule has 16 heavy (non-hydrogen) atoms. The molecule has 0 bridgehead atoms. The van der Waals surface area contributed by atoms with E-state index in [0.29, 0.717) is 5.41 Å². The third-order valence-corrected chi connectivity index (χ3v) is 3.90. The minimum Gasteiger partial charge on any atom is -0.313 e. The monoisotopic (exact) mass is 217 g/mol. The van der Waals surface area contributed by atoms with E-state index in [1.54, 1.807) is 0 Å². The highest BCUT2D eigenvalue weighted by Crippen LogP contribution is 2.36. The Morgan fingerprint density at radius 3 is 2.62 bits per heavy atom. The topological polar surface area (TPSA) is 12.0 Å². The predicted octanol–water partition coefficient (Wildman–Crippen LogP) is 3.40. The Morgan fingerprint density at radius 2 is 2.00 bits per heavy atom. The summed E-state index contributed by atoms with van der Waals surface area (Å²) in [4.78, 5) is 0. The maximum Gasteiger partial charge on any atom is 0.0118 e. The Balaban J connectivity index is 1.76. The van der Waals surface area contributed by atoms with Crippen LogP contribution in [0.4, 0.5) is 0 Å². The van der Waals surface area contributed by atoms with Gasteiger partial charge in [-0.25, -0.2) is 0 Å². The summed E-state index contributed by atoms with van der Waals surface area (Å²) in [5, 5.41) is 3.72. The summed E-state index contributed by atoms with van der Waals surface area (Å²) in [5.74, 6) is 0. The van der Waals surface area contributed by atoms with E-state index < -0.39 is 0 Å². The molecule has 0 amide bonds. The zero-order chi connectivity index (χ0) is 11.4. The van der Waals surface area contributed by atoms with Crippen LogP contribution in [0.1, 0.15) is 38.7 Å². The normalized spacial score (nSPS) is 23.5. The average molecular weight is 217 g/mol. The summed E-state index contributed by atoms with van der Waals surface area (Å²) in [7, 11) is 0. The highest BCUT2D eigenvalue weighted by atomic mass is 14.9. The van der Waals surface area contributed by atoms with Crippen molar-refractivity contribution in [2.75, 3.05) is 6.54 Å². The van der Waals surface area contributed by atoms with Crippen molar-refractivity contribution in [3.8, 4) is 0 Å². The number of hydrogen-bond acceptors (Lipinski definition) is 1. The molecule has 0 unspecified atom stereocenters. The van der Waals surface area contributed by atoms with Gasteiger partial charge < -0.3 is 5.32 Å². The lowest BCUT2D eigenvalue weighted by Gasteiger charge is -2.28. The van der Waals surface area contributed by atoms with Gasteiger partial charge in [0.1, 0.15) is 0 Å². The van der Waals surface area contributed by atoms with Crippen LogP contribution >= 0.6 is 0 Å². The van der Waals surface area contributed by atoms with Crippen LogP contribution in [-0.4, -0.2) is 12.6 Å². The van der Waals surface area contributed by atoms with Gasteiger partial charge in [-0.2, -0.15) is 0 Å². The first-order chi connectivity index (χ1) is 7.68. The summed E-state index contributed by atoms with van der Waals surface area (Å²) in [6, 6.07) is 11.5. The molecule has 0 aromatic heterocycles. The smallest absolute Gasteiger partial charge is 0.0118 e. The Morgan fingerprint density at radius 1 is 1.25 bits per heavy atom. The van der Waals surface area contributed by atoms with E-state index in [1.807, 2.05) is 0 Å². The van der Waals surface area contributed by atoms with E-state index in [-0.39, 0.29) is 0 Å². The molecular formula is C15H23N. The van der Waals surface area contributed by atoms with Gasteiger partial charge in [-0.15, -0.1) is 0 Å². The maximum atomic E-state index is 3.72. The van der Waals surface area contributed by atoms with Crippen molar-refractivity contribution < 1.29 is 0 Å². The van der Waals surface area contributed by atoms with Gasteiger partial charge in [-0.3, -0.25) is 0 Å². The molecule has 1 atom stereocenters. The van der Waals surface area contributed by atoms with Crippen molar-refractivity contribution in [1.82, 2.24) is 5.32 Å². The van der Waals surface area contributed by atoms with Gasteiger partial charge in [0.05, 0.1) is 0 Å². The van der Waals surface area contributed by atoms with Crippen LogP contribution in [0.5, 0.6) is 0 Å². The van der Waals surface area contributed by atoms with Crippen LogP contribution in [0, 0.1) is 5.41 Å². The van der Waals surface area contributed by atoms with Gasteiger partial charge in [0, 0.05) is 6.04 Å². The summed E-state index contributed by atoms with van der Waals surface area (Å²) >= 11 is 0. The van der Waals surface area contributed by atoms with Crippen LogP contribution in [0.2, 0.25) is 0 Å². The molecule has 1 heteroatoms. The van der Waals surface area contributed by atoms with Crippen LogP contribution in [-0.2, 0) is 6.42 Å². The largest absolute Gasteiger partial charge is 0.313 e. The van der Waals surface area contributed by atoms with Crippen molar-refractivity contribution in [3.63, 3.8) is 0 Å². The van der Waals surface area contributed by atoms with E-state index in [9.17, 15) is 0 Å². The van der Waals surface area contributed by atoms with Gasteiger partial charge in [0.25, 0.3) is 0 Å². The van der Waals surface area contributed by atoms with E-state index in [2.05, 4.69) is 49.5 Å². The summed E-state index contributed by atoms with van der Waals surface area (Å²) in [6.07, 6.45) is 5.25. The van der Waals surface area contributed by atoms with Crippen molar-refractivity contribution in [1.29, 1.82) is 0 Å². The second-order valence-electron chi connectivity index (χ2n) is 5.62. The number of nitrogens with one attached hydrogen (secondary N) is 1. The minimum absolute atomic E-state index is 0.497. The first-order valence-corrected chi connectivity index (χ1v) is 6.46. The average Bonchev–Trinajstić information content (AvgIpc) is 2.60. The molecule has 0 heterocycles. The number of benzene rings is 1. The predicted molar refractivity (Wildman–Crippen MR) is 69.6 cm³/mol. The van der Waals surface area contributed by atoms with E-state index in [1.165, 1.54) is 24.8 Å². The Hall–Kier alpha value is -0.820.